The molecule has 13 heavy (non-hydrogen) atoms. The van der Waals surface area contributed by atoms with E-state index in [1.54, 1.807) is 6.07 Å². The van der Waals surface area contributed by atoms with E-state index in [0.29, 0.717) is 11.1 Å². The summed E-state index contributed by atoms with van der Waals surface area (Å²) < 4.78 is 5.26. The maximum absolute atomic E-state index is 5.66. The fourth-order valence-corrected chi connectivity index (χ4v) is 1.41. The Morgan fingerprint density at radius 3 is 2.62 bits per heavy atom. The van der Waals surface area contributed by atoms with Crippen molar-refractivity contribution in [3.63, 3.8) is 0 Å². The van der Waals surface area contributed by atoms with Gasteiger partial charge in [-0.3, -0.25) is 5.84 Å². The zero-order valence-corrected chi connectivity index (χ0v) is 8.64. The Balaban J connectivity index is 2.66. The van der Waals surface area contributed by atoms with Crippen LogP contribution in [0.2, 0.25) is 5.22 Å². The standard InChI is InChI=1S/C9H15ClN2O/c1-6(2)5-7(12-11)8-3-4-9(10)13-8/h3-4,6-7,12H,5,11H2,1-2H3. The molecule has 1 aromatic heterocycles. The molecule has 4 heteroatoms. The van der Waals surface area contributed by atoms with Crippen molar-refractivity contribution in [1.29, 1.82) is 0 Å². The number of hydrogen-bond donors (Lipinski definition) is 2. The van der Waals surface area contributed by atoms with Crippen molar-refractivity contribution in [2.45, 2.75) is 26.3 Å². The third-order valence-electron chi connectivity index (χ3n) is 1.85. The molecule has 0 spiro atoms. The Morgan fingerprint density at radius 1 is 1.54 bits per heavy atom. The van der Waals surface area contributed by atoms with Crippen LogP contribution in [0.3, 0.4) is 0 Å². The van der Waals surface area contributed by atoms with Crippen LogP contribution in [-0.2, 0) is 0 Å². The van der Waals surface area contributed by atoms with Gasteiger partial charge in [0.05, 0.1) is 6.04 Å². The van der Waals surface area contributed by atoms with Crippen LogP contribution >= 0.6 is 11.6 Å². The summed E-state index contributed by atoms with van der Waals surface area (Å²) in [4.78, 5) is 0. The van der Waals surface area contributed by atoms with Crippen molar-refractivity contribution in [3.8, 4) is 0 Å². The van der Waals surface area contributed by atoms with E-state index in [1.165, 1.54) is 0 Å². The van der Waals surface area contributed by atoms with E-state index in [-0.39, 0.29) is 6.04 Å². The lowest BCUT2D eigenvalue weighted by Gasteiger charge is -2.15. The van der Waals surface area contributed by atoms with Crippen molar-refractivity contribution in [1.82, 2.24) is 5.43 Å². The molecule has 1 aromatic rings. The lowest BCUT2D eigenvalue weighted by molar-refractivity contribution is 0.366. The van der Waals surface area contributed by atoms with Gasteiger partial charge in [0, 0.05) is 0 Å². The van der Waals surface area contributed by atoms with Gasteiger partial charge in [0.15, 0.2) is 5.22 Å². The minimum atomic E-state index is 0.0486. The zero-order valence-electron chi connectivity index (χ0n) is 7.88. The Morgan fingerprint density at radius 2 is 2.23 bits per heavy atom. The van der Waals surface area contributed by atoms with E-state index in [4.69, 9.17) is 21.9 Å². The molecule has 0 aliphatic carbocycles. The van der Waals surface area contributed by atoms with E-state index in [9.17, 15) is 0 Å². The molecule has 3 N–H and O–H groups in total. The quantitative estimate of drug-likeness (QED) is 0.583. The molecule has 0 aliphatic heterocycles. The number of nitrogens with one attached hydrogen (secondary N) is 1. The Bertz CT molecular complexity index is 260. The normalized spacial score (nSPS) is 13.6. The third kappa shape index (κ3) is 3.03. The summed E-state index contributed by atoms with van der Waals surface area (Å²) in [6.07, 6.45) is 0.931. The van der Waals surface area contributed by atoms with E-state index in [0.717, 1.165) is 12.2 Å². The lowest BCUT2D eigenvalue weighted by atomic mass is 10.0. The lowest BCUT2D eigenvalue weighted by Crippen LogP contribution is -2.28. The molecule has 0 saturated carbocycles. The average molecular weight is 203 g/mol. The highest BCUT2D eigenvalue weighted by Crippen LogP contribution is 2.24. The number of hydrazine groups is 1. The molecule has 0 radical (unpaired) electrons. The van der Waals surface area contributed by atoms with Crippen molar-refractivity contribution in [3.05, 3.63) is 23.1 Å². The zero-order chi connectivity index (χ0) is 9.84. The SMILES string of the molecule is CC(C)CC(NN)c1ccc(Cl)o1. The van der Waals surface area contributed by atoms with Gasteiger partial charge in [-0.2, -0.15) is 0 Å². The molecule has 0 amide bonds. The van der Waals surface area contributed by atoms with Crippen molar-refractivity contribution < 1.29 is 4.42 Å². The van der Waals surface area contributed by atoms with Crippen LogP contribution in [0.5, 0.6) is 0 Å². The van der Waals surface area contributed by atoms with Crippen LogP contribution < -0.4 is 11.3 Å². The first-order chi connectivity index (χ1) is 6.13. The molecule has 0 saturated heterocycles. The summed E-state index contributed by atoms with van der Waals surface area (Å²) in [5.74, 6) is 6.76. The molecule has 1 atom stereocenters. The van der Waals surface area contributed by atoms with Gasteiger partial charge in [-0.1, -0.05) is 13.8 Å². The van der Waals surface area contributed by atoms with E-state index in [1.807, 2.05) is 6.07 Å². The Kier molecular flexibility index (Phi) is 3.78. The molecule has 1 rings (SSSR count). The van der Waals surface area contributed by atoms with Gasteiger partial charge in [-0.15, -0.1) is 0 Å². The smallest absolute Gasteiger partial charge is 0.193 e. The largest absolute Gasteiger partial charge is 0.448 e. The molecule has 1 heterocycles. The monoisotopic (exact) mass is 202 g/mol. The van der Waals surface area contributed by atoms with Gasteiger partial charge in [-0.25, -0.2) is 5.43 Å². The molecular weight excluding hydrogens is 188 g/mol. The molecule has 0 fully saturated rings. The Labute approximate surface area is 83.2 Å². The summed E-state index contributed by atoms with van der Waals surface area (Å²) in [7, 11) is 0. The fourth-order valence-electron chi connectivity index (χ4n) is 1.25. The summed E-state index contributed by atoms with van der Waals surface area (Å²) in [5, 5.41) is 0.402. The molecule has 0 bridgehead atoms. The predicted molar refractivity (Wildman–Crippen MR) is 53.2 cm³/mol. The van der Waals surface area contributed by atoms with Gasteiger partial charge in [0.2, 0.25) is 0 Å². The van der Waals surface area contributed by atoms with Gasteiger partial charge in [0.25, 0.3) is 0 Å². The number of hydrogen-bond acceptors (Lipinski definition) is 3. The second kappa shape index (κ2) is 4.65. The first kappa shape index (κ1) is 10.6. The van der Waals surface area contributed by atoms with Crippen LogP contribution in [0.4, 0.5) is 0 Å². The summed E-state index contributed by atoms with van der Waals surface area (Å²) in [5.41, 5.74) is 2.71. The minimum Gasteiger partial charge on any atom is -0.448 e. The third-order valence-corrected chi connectivity index (χ3v) is 2.05. The maximum Gasteiger partial charge on any atom is 0.193 e. The van der Waals surface area contributed by atoms with Crippen molar-refractivity contribution in [2.24, 2.45) is 11.8 Å². The van der Waals surface area contributed by atoms with Crippen molar-refractivity contribution >= 4 is 11.6 Å². The van der Waals surface area contributed by atoms with E-state index in [2.05, 4.69) is 19.3 Å². The van der Waals surface area contributed by atoms with Crippen LogP contribution in [0.1, 0.15) is 32.1 Å². The highest BCUT2D eigenvalue weighted by molar-refractivity contribution is 6.28. The van der Waals surface area contributed by atoms with Gasteiger partial charge >= 0.3 is 0 Å². The number of nitrogens with two attached hydrogens (primary N) is 1. The number of rotatable bonds is 4. The molecule has 74 valence electrons. The second-order valence-electron chi connectivity index (χ2n) is 3.49. The summed E-state index contributed by atoms with van der Waals surface area (Å²) in [6, 6.07) is 3.61. The highest BCUT2D eigenvalue weighted by Gasteiger charge is 2.14. The first-order valence-corrected chi connectivity index (χ1v) is 4.72. The van der Waals surface area contributed by atoms with E-state index < -0.39 is 0 Å². The topological polar surface area (TPSA) is 51.2 Å². The second-order valence-corrected chi connectivity index (χ2v) is 3.86. The van der Waals surface area contributed by atoms with Gasteiger partial charge in [-0.05, 0) is 36.1 Å². The van der Waals surface area contributed by atoms with Crippen molar-refractivity contribution in [2.75, 3.05) is 0 Å². The molecular formula is C9H15ClN2O. The van der Waals surface area contributed by atoms with Crippen LogP contribution in [0, 0.1) is 5.92 Å². The number of furan rings is 1. The molecule has 1 unspecified atom stereocenters. The van der Waals surface area contributed by atoms with Gasteiger partial charge < -0.3 is 4.42 Å². The predicted octanol–water partition coefficient (Wildman–Crippen LogP) is 2.48. The first-order valence-electron chi connectivity index (χ1n) is 4.35. The number of halogens is 1. The van der Waals surface area contributed by atoms with E-state index >= 15 is 0 Å². The molecule has 3 nitrogen and oxygen atoms in total. The van der Waals surface area contributed by atoms with Gasteiger partial charge in [0.1, 0.15) is 5.76 Å². The molecule has 0 aliphatic rings. The highest BCUT2D eigenvalue weighted by atomic mass is 35.5. The summed E-state index contributed by atoms with van der Waals surface area (Å²) in [6.45, 7) is 4.27. The fraction of sp³-hybridized carbons (Fsp3) is 0.556. The van der Waals surface area contributed by atoms with Crippen LogP contribution in [0.25, 0.3) is 0 Å². The van der Waals surface area contributed by atoms with Crippen LogP contribution in [-0.4, -0.2) is 0 Å². The summed E-state index contributed by atoms with van der Waals surface area (Å²) >= 11 is 5.66. The molecule has 0 aromatic carbocycles. The Hall–Kier alpha value is -0.510. The maximum atomic E-state index is 5.66. The minimum absolute atomic E-state index is 0.0486. The average Bonchev–Trinajstić information content (AvgIpc) is 2.47. The van der Waals surface area contributed by atoms with Crippen LogP contribution in [0.15, 0.2) is 16.5 Å².